The van der Waals surface area contributed by atoms with Crippen molar-refractivity contribution in [2.24, 2.45) is 0 Å². The number of aryl methyl sites for hydroxylation is 1. The topological polar surface area (TPSA) is 92.8 Å². The Morgan fingerprint density at radius 3 is 2.53 bits per heavy atom. The van der Waals surface area contributed by atoms with E-state index < -0.39 is 28.4 Å². The van der Waals surface area contributed by atoms with Crippen molar-refractivity contribution < 1.29 is 22.7 Å². The highest BCUT2D eigenvalue weighted by molar-refractivity contribution is 7.92. The lowest BCUT2D eigenvalue weighted by atomic mass is 10.1. The minimum Gasteiger partial charge on any atom is -0.465 e. The van der Waals surface area contributed by atoms with Gasteiger partial charge in [0.05, 0.1) is 28.3 Å². The maximum absolute atomic E-state index is 13.5. The Hall–Kier alpha value is -2.59. The number of rotatable bonds is 7. The van der Waals surface area contributed by atoms with Crippen LogP contribution in [0.5, 0.6) is 0 Å². The van der Waals surface area contributed by atoms with E-state index in [-0.39, 0.29) is 15.6 Å². The quantitative estimate of drug-likeness (QED) is 0.419. The number of esters is 1. The molecule has 0 saturated heterocycles. The van der Waals surface area contributed by atoms with E-state index in [4.69, 9.17) is 27.9 Å². The van der Waals surface area contributed by atoms with E-state index in [0.717, 1.165) is 34.0 Å². The fraction of sp³-hybridized carbons (Fsp3) is 0.217. The van der Waals surface area contributed by atoms with E-state index in [9.17, 15) is 18.0 Å². The molecule has 0 radical (unpaired) electrons. The molecule has 11 heteroatoms. The first-order chi connectivity index (χ1) is 16.2. The first-order valence-corrected chi connectivity index (χ1v) is 13.3. The summed E-state index contributed by atoms with van der Waals surface area (Å²) in [6.45, 7) is -0.568. The third-order valence-electron chi connectivity index (χ3n) is 5.36. The number of methoxy groups -OCH3 is 1. The third kappa shape index (κ3) is 4.79. The van der Waals surface area contributed by atoms with Crippen LogP contribution in [0.3, 0.4) is 0 Å². The van der Waals surface area contributed by atoms with Gasteiger partial charge in [0, 0.05) is 9.90 Å². The van der Waals surface area contributed by atoms with Crippen molar-refractivity contribution in [3.8, 4) is 0 Å². The number of hydrogen-bond acceptors (Lipinski definition) is 6. The van der Waals surface area contributed by atoms with E-state index >= 15 is 0 Å². The van der Waals surface area contributed by atoms with Crippen LogP contribution in [-0.4, -0.2) is 33.9 Å². The molecule has 0 bridgehead atoms. The number of carbonyl (C=O) groups is 2. The highest BCUT2D eigenvalue weighted by atomic mass is 35.5. The van der Waals surface area contributed by atoms with Crippen LogP contribution < -0.4 is 9.62 Å². The maximum Gasteiger partial charge on any atom is 0.341 e. The van der Waals surface area contributed by atoms with E-state index in [1.807, 2.05) is 0 Å². The van der Waals surface area contributed by atoms with Gasteiger partial charge in [0.25, 0.3) is 10.0 Å². The number of halogens is 2. The van der Waals surface area contributed by atoms with Crippen molar-refractivity contribution in [1.29, 1.82) is 0 Å². The number of fused-ring (bicyclic) bond motifs is 1. The molecule has 1 aromatic heterocycles. The van der Waals surface area contributed by atoms with Crippen molar-refractivity contribution in [2.75, 3.05) is 23.3 Å². The van der Waals surface area contributed by atoms with Crippen molar-refractivity contribution >= 4 is 67.1 Å². The van der Waals surface area contributed by atoms with Gasteiger partial charge in [-0.3, -0.25) is 9.10 Å². The van der Waals surface area contributed by atoms with E-state index in [1.54, 1.807) is 18.2 Å². The Labute approximate surface area is 211 Å². The predicted molar refractivity (Wildman–Crippen MR) is 134 cm³/mol. The van der Waals surface area contributed by atoms with Gasteiger partial charge in [-0.2, -0.15) is 0 Å². The van der Waals surface area contributed by atoms with Gasteiger partial charge in [0.15, 0.2) is 0 Å². The molecule has 4 rings (SSSR count). The Balaban J connectivity index is 1.69. The summed E-state index contributed by atoms with van der Waals surface area (Å²) in [4.78, 5) is 26.5. The van der Waals surface area contributed by atoms with E-state index in [1.165, 1.54) is 48.8 Å². The van der Waals surface area contributed by atoms with Gasteiger partial charge < -0.3 is 10.1 Å². The zero-order valence-electron chi connectivity index (χ0n) is 18.0. The minimum atomic E-state index is -4.15. The number of sulfonamides is 1. The smallest absolute Gasteiger partial charge is 0.341 e. The maximum atomic E-state index is 13.5. The first-order valence-electron chi connectivity index (χ1n) is 10.3. The second-order valence-corrected chi connectivity index (χ2v) is 11.3. The monoisotopic (exact) mass is 538 g/mol. The molecule has 0 spiro atoms. The standard InChI is InChI=1S/C23H20Cl2N2O5S2/c1-32-23(29)21-16-8-5-9-19(16)33-22(21)26-20(28)13-27(18-11-10-14(24)12-17(18)25)34(30,31)15-6-3-2-4-7-15/h2-4,6-7,10-12H,5,8-9,13H2,1H3,(H,26,28). The van der Waals surface area contributed by atoms with Crippen LogP contribution in [0, 0.1) is 0 Å². The fourth-order valence-electron chi connectivity index (χ4n) is 3.81. The zero-order chi connectivity index (χ0) is 24.5. The fourth-order valence-corrected chi connectivity index (χ4v) is 7.12. The summed E-state index contributed by atoms with van der Waals surface area (Å²) in [6, 6.07) is 12.1. The zero-order valence-corrected chi connectivity index (χ0v) is 21.2. The first kappa shape index (κ1) is 24.5. The third-order valence-corrected chi connectivity index (χ3v) is 8.88. The number of hydrogen-bond donors (Lipinski definition) is 1. The molecule has 1 N–H and O–H groups in total. The van der Waals surface area contributed by atoms with Gasteiger partial charge in [0.2, 0.25) is 5.91 Å². The molecule has 34 heavy (non-hydrogen) atoms. The average Bonchev–Trinajstić information content (AvgIpc) is 3.39. The molecule has 0 aliphatic heterocycles. The van der Waals surface area contributed by atoms with Crippen LogP contribution in [0.15, 0.2) is 53.4 Å². The summed E-state index contributed by atoms with van der Waals surface area (Å²) >= 11 is 13.6. The highest BCUT2D eigenvalue weighted by Gasteiger charge is 2.31. The van der Waals surface area contributed by atoms with Crippen LogP contribution in [0.2, 0.25) is 10.0 Å². The SMILES string of the molecule is COC(=O)c1c(NC(=O)CN(c2ccc(Cl)cc2Cl)S(=O)(=O)c2ccccc2)sc2c1CCC2. The second-order valence-electron chi connectivity index (χ2n) is 7.52. The lowest BCUT2D eigenvalue weighted by molar-refractivity contribution is -0.114. The van der Waals surface area contributed by atoms with Crippen LogP contribution >= 0.6 is 34.5 Å². The van der Waals surface area contributed by atoms with Gasteiger partial charge in [-0.15, -0.1) is 11.3 Å². The molecule has 1 heterocycles. The lowest BCUT2D eigenvalue weighted by Gasteiger charge is -2.25. The molecule has 2 aromatic carbocycles. The predicted octanol–water partition coefficient (Wildman–Crippen LogP) is 5.16. The molecule has 0 atom stereocenters. The van der Waals surface area contributed by atoms with Crippen molar-refractivity contribution in [3.05, 3.63) is 74.6 Å². The summed E-state index contributed by atoms with van der Waals surface area (Å²) in [6.07, 6.45) is 2.47. The van der Waals surface area contributed by atoms with Crippen molar-refractivity contribution in [3.63, 3.8) is 0 Å². The average molecular weight is 539 g/mol. The molecular weight excluding hydrogens is 519 g/mol. The summed E-state index contributed by atoms with van der Waals surface area (Å²) < 4.78 is 32.8. The van der Waals surface area contributed by atoms with E-state index in [2.05, 4.69) is 5.32 Å². The van der Waals surface area contributed by atoms with Crippen molar-refractivity contribution in [1.82, 2.24) is 0 Å². The summed E-state index contributed by atoms with van der Waals surface area (Å²) in [5, 5.41) is 3.46. The molecular formula is C23H20Cl2N2O5S2. The normalized spacial score (nSPS) is 12.8. The molecule has 178 valence electrons. The van der Waals surface area contributed by atoms with Crippen LogP contribution in [0.4, 0.5) is 10.7 Å². The molecule has 1 amide bonds. The largest absolute Gasteiger partial charge is 0.465 e. The molecule has 3 aromatic rings. The number of carbonyl (C=O) groups excluding carboxylic acids is 2. The molecule has 1 aliphatic rings. The van der Waals surface area contributed by atoms with Crippen molar-refractivity contribution in [2.45, 2.75) is 24.2 Å². The van der Waals surface area contributed by atoms with Gasteiger partial charge in [0.1, 0.15) is 11.5 Å². The number of benzene rings is 2. The number of amides is 1. The summed E-state index contributed by atoms with van der Waals surface area (Å²) in [7, 11) is -2.87. The molecule has 0 unspecified atom stereocenters. The van der Waals surface area contributed by atoms with Gasteiger partial charge >= 0.3 is 5.97 Å². The Morgan fingerprint density at radius 2 is 1.85 bits per heavy atom. The molecule has 7 nitrogen and oxygen atoms in total. The highest BCUT2D eigenvalue weighted by Crippen LogP contribution is 2.40. The number of nitrogens with one attached hydrogen (secondary N) is 1. The number of nitrogens with zero attached hydrogens (tertiary/aromatic N) is 1. The number of ether oxygens (including phenoxy) is 1. The van der Waals surface area contributed by atoms with Crippen LogP contribution in [0.25, 0.3) is 0 Å². The Bertz CT molecular complexity index is 1360. The van der Waals surface area contributed by atoms with Gasteiger partial charge in [-0.25, -0.2) is 13.2 Å². The Kier molecular flexibility index (Phi) is 7.18. The van der Waals surface area contributed by atoms with Crippen LogP contribution in [-0.2, 0) is 32.4 Å². The molecule has 0 fully saturated rings. The summed E-state index contributed by atoms with van der Waals surface area (Å²) in [5.41, 5.74) is 1.31. The van der Waals surface area contributed by atoms with Gasteiger partial charge in [-0.1, -0.05) is 41.4 Å². The Morgan fingerprint density at radius 1 is 1.12 bits per heavy atom. The molecule has 1 aliphatic carbocycles. The minimum absolute atomic E-state index is 0.000772. The molecule has 0 saturated carbocycles. The number of anilines is 2. The lowest BCUT2D eigenvalue weighted by Crippen LogP contribution is -2.38. The van der Waals surface area contributed by atoms with E-state index in [0.29, 0.717) is 15.6 Å². The second kappa shape index (κ2) is 9.95. The number of thiophene rings is 1. The summed E-state index contributed by atoms with van der Waals surface area (Å²) in [5.74, 6) is -1.17. The van der Waals surface area contributed by atoms with Gasteiger partial charge in [-0.05, 0) is 55.2 Å². The van der Waals surface area contributed by atoms with Crippen LogP contribution in [0.1, 0.15) is 27.2 Å².